The van der Waals surface area contributed by atoms with E-state index >= 15 is 0 Å². The molecule has 0 saturated carbocycles. The highest BCUT2D eigenvalue weighted by Gasteiger charge is 2.30. The Morgan fingerprint density at radius 2 is 2.04 bits per heavy atom. The van der Waals surface area contributed by atoms with Gasteiger partial charge in [0, 0.05) is 26.2 Å². The molecule has 1 aromatic rings. The highest BCUT2D eigenvalue weighted by atomic mass is 32.1. The van der Waals surface area contributed by atoms with Gasteiger partial charge >= 0.3 is 6.18 Å². The molecule has 0 spiro atoms. The van der Waals surface area contributed by atoms with Gasteiger partial charge in [0.05, 0.1) is 24.5 Å². The van der Waals surface area contributed by atoms with Crippen LogP contribution in [0.5, 0.6) is 0 Å². The van der Waals surface area contributed by atoms with Crippen molar-refractivity contribution in [2.75, 3.05) is 39.4 Å². The first-order chi connectivity index (χ1) is 11.9. The third kappa shape index (κ3) is 6.60. The molecule has 1 aromatic carbocycles. The van der Waals surface area contributed by atoms with E-state index in [0.717, 1.165) is 45.0 Å². The molecule has 0 unspecified atom stereocenters. The van der Waals surface area contributed by atoms with Gasteiger partial charge in [-0.25, -0.2) is 0 Å². The smallest absolute Gasteiger partial charge is 0.379 e. The standard InChI is InChI=1S/C16H21F3N4OS/c1-12(13-3-2-4-14(11-13)16(17,18)19)21-22-15(25)20-5-6-23-7-9-24-10-8-23/h2-4,11H,5-10H2,1H3,(H2,20,22,25)/b21-12+. The van der Waals surface area contributed by atoms with E-state index in [2.05, 4.69) is 20.7 Å². The Bertz CT molecular complexity index is 616. The minimum Gasteiger partial charge on any atom is -0.379 e. The van der Waals surface area contributed by atoms with Gasteiger partial charge in [-0.1, -0.05) is 12.1 Å². The van der Waals surface area contributed by atoms with Crippen LogP contribution >= 0.6 is 12.2 Å². The van der Waals surface area contributed by atoms with Gasteiger partial charge in [0.15, 0.2) is 5.11 Å². The van der Waals surface area contributed by atoms with Crippen LogP contribution in [0.25, 0.3) is 0 Å². The van der Waals surface area contributed by atoms with E-state index in [1.54, 1.807) is 13.0 Å². The van der Waals surface area contributed by atoms with Gasteiger partial charge in [-0.3, -0.25) is 10.3 Å². The zero-order chi connectivity index (χ0) is 18.3. The number of alkyl halides is 3. The summed E-state index contributed by atoms with van der Waals surface area (Å²) < 4.78 is 43.5. The van der Waals surface area contributed by atoms with Crippen LogP contribution in [0, 0.1) is 0 Å². The van der Waals surface area contributed by atoms with Crippen LogP contribution in [-0.4, -0.2) is 55.1 Å². The molecule has 2 rings (SSSR count). The summed E-state index contributed by atoms with van der Waals surface area (Å²) in [6, 6.07) is 5.03. The Morgan fingerprint density at radius 1 is 1.32 bits per heavy atom. The van der Waals surface area contributed by atoms with Crippen LogP contribution < -0.4 is 10.7 Å². The molecule has 0 atom stereocenters. The SMILES string of the molecule is C/C(=N\NC(=S)NCCN1CCOCC1)c1cccc(C(F)(F)F)c1. The summed E-state index contributed by atoms with van der Waals surface area (Å²) in [5.41, 5.74) is 2.76. The Balaban J connectivity index is 1.80. The van der Waals surface area contributed by atoms with Crippen LogP contribution in [0.1, 0.15) is 18.1 Å². The maximum atomic E-state index is 12.7. The third-order valence-corrected chi connectivity index (χ3v) is 3.99. The molecule has 0 radical (unpaired) electrons. The first kappa shape index (κ1) is 19.6. The lowest BCUT2D eigenvalue weighted by molar-refractivity contribution is -0.137. The maximum absolute atomic E-state index is 12.7. The van der Waals surface area contributed by atoms with Crippen LogP contribution in [0.3, 0.4) is 0 Å². The first-order valence-corrected chi connectivity index (χ1v) is 8.33. The van der Waals surface area contributed by atoms with Crippen molar-refractivity contribution in [3.63, 3.8) is 0 Å². The molecule has 25 heavy (non-hydrogen) atoms. The second-order valence-corrected chi connectivity index (χ2v) is 6.01. The molecule has 0 aromatic heterocycles. The van der Waals surface area contributed by atoms with Gasteiger partial charge < -0.3 is 10.1 Å². The first-order valence-electron chi connectivity index (χ1n) is 7.92. The Hall–Kier alpha value is -1.71. The van der Waals surface area contributed by atoms with E-state index < -0.39 is 11.7 Å². The summed E-state index contributed by atoms with van der Waals surface area (Å²) >= 11 is 5.12. The zero-order valence-electron chi connectivity index (χ0n) is 13.9. The predicted octanol–water partition coefficient (Wildman–Crippen LogP) is 2.23. The molecule has 5 nitrogen and oxygen atoms in total. The van der Waals surface area contributed by atoms with E-state index in [4.69, 9.17) is 17.0 Å². The molecule has 0 bridgehead atoms. The molecule has 9 heteroatoms. The number of hydrogen-bond acceptors (Lipinski definition) is 4. The molecule has 1 fully saturated rings. The fourth-order valence-electron chi connectivity index (χ4n) is 2.31. The molecule has 2 N–H and O–H groups in total. The Labute approximate surface area is 150 Å². The quantitative estimate of drug-likeness (QED) is 0.470. The number of thiocarbonyl (C=S) groups is 1. The van der Waals surface area contributed by atoms with Crippen LogP contribution in [0.4, 0.5) is 13.2 Å². The second kappa shape index (κ2) is 9.12. The van der Waals surface area contributed by atoms with E-state index in [-0.39, 0.29) is 0 Å². The highest BCUT2D eigenvalue weighted by Crippen LogP contribution is 2.29. The lowest BCUT2D eigenvalue weighted by Crippen LogP contribution is -2.42. The van der Waals surface area contributed by atoms with E-state index in [0.29, 0.717) is 22.9 Å². The number of hydrogen-bond donors (Lipinski definition) is 2. The van der Waals surface area contributed by atoms with Gasteiger partial charge in [0.25, 0.3) is 0 Å². The number of nitrogens with one attached hydrogen (secondary N) is 2. The van der Waals surface area contributed by atoms with Crippen LogP contribution in [0.15, 0.2) is 29.4 Å². The van der Waals surface area contributed by atoms with E-state index in [9.17, 15) is 13.2 Å². The van der Waals surface area contributed by atoms with Crippen molar-refractivity contribution < 1.29 is 17.9 Å². The molecular weight excluding hydrogens is 353 g/mol. The summed E-state index contributed by atoms with van der Waals surface area (Å²) in [6.45, 7) is 6.39. The second-order valence-electron chi connectivity index (χ2n) is 5.60. The average Bonchev–Trinajstić information content (AvgIpc) is 2.60. The number of nitrogens with zero attached hydrogens (tertiary/aromatic N) is 2. The number of hydrazone groups is 1. The van der Waals surface area contributed by atoms with Crippen molar-refractivity contribution >= 4 is 23.0 Å². The number of halogens is 3. The van der Waals surface area contributed by atoms with Crippen LogP contribution in [-0.2, 0) is 10.9 Å². The Kier molecular flexibility index (Phi) is 7.15. The van der Waals surface area contributed by atoms with Gasteiger partial charge in [-0.15, -0.1) is 0 Å². The molecule has 1 aliphatic heterocycles. The van der Waals surface area contributed by atoms with Crippen molar-refractivity contribution in [2.24, 2.45) is 5.10 Å². The summed E-state index contributed by atoms with van der Waals surface area (Å²) in [4.78, 5) is 2.26. The van der Waals surface area contributed by atoms with Crippen molar-refractivity contribution in [2.45, 2.75) is 13.1 Å². The van der Waals surface area contributed by atoms with Gasteiger partial charge in [0.1, 0.15) is 0 Å². The lowest BCUT2D eigenvalue weighted by atomic mass is 10.1. The molecule has 1 saturated heterocycles. The van der Waals surface area contributed by atoms with Crippen molar-refractivity contribution in [3.05, 3.63) is 35.4 Å². The highest BCUT2D eigenvalue weighted by molar-refractivity contribution is 7.80. The van der Waals surface area contributed by atoms with Crippen molar-refractivity contribution in [1.29, 1.82) is 0 Å². The van der Waals surface area contributed by atoms with Crippen molar-refractivity contribution in [3.8, 4) is 0 Å². The molecule has 1 heterocycles. The van der Waals surface area contributed by atoms with E-state index in [1.165, 1.54) is 6.07 Å². The summed E-state index contributed by atoms with van der Waals surface area (Å²) in [5.74, 6) is 0. The van der Waals surface area contributed by atoms with E-state index in [1.807, 2.05) is 0 Å². The zero-order valence-corrected chi connectivity index (χ0v) is 14.7. The minimum atomic E-state index is -4.37. The lowest BCUT2D eigenvalue weighted by Gasteiger charge is -2.26. The number of ether oxygens (including phenoxy) is 1. The largest absolute Gasteiger partial charge is 0.416 e. The summed E-state index contributed by atoms with van der Waals surface area (Å²) in [7, 11) is 0. The molecule has 1 aliphatic rings. The number of benzene rings is 1. The monoisotopic (exact) mass is 374 g/mol. The van der Waals surface area contributed by atoms with Gasteiger partial charge in [0.2, 0.25) is 0 Å². The molecule has 0 aliphatic carbocycles. The number of rotatable bonds is 5. The topological polar surface area (TPSA) is 48.9 Å². The number of morpholine rings is 1. The third-order valence-electron chi connectivity index (χ3n) is 3.75. The van der Waals surface area contributed by atoms with Gasteiger partial charge in [-0.05, 0) is 36.8 Å². The Morgan fingerprint density at radius 3 is 2.72 bits per heavy atom. The average molecular weight is 374 g/mol. The normalized spacial score (nSPS) is 16.6. The fraction of sp³-hybridized carbons (Fsp3) is 0.500. The van der Waals surface area contributed by atoms with Crippen LogP contribution in [0.2, 0.25) is 0 Å². The predicted molar refractivity (Wildman–Crippen MR) is 94.7 cm³/mol. The molecule has 138 valence electrons. The summed E-state index contributed by atoms with van der Waals surface area (Å²) in [6.07, 6.45) is -4.37. The molecular formula is C16H21F3N4OS. The molecule has 0 amide bonds. The minimum absolute atomic E-state index is 0.333. The van der Waals surface area contributed by atoms with Crippen molar-refractivity contribution in [1.82, 2.24) is 15.6 Å². The fourth-order valence-corrected chi connectivity index (χ4v) is 2.46. The maximum Gasteiger partial charge on any atom is 0.416 e. The van der Waals surface area contributed by atoms with Gasteiger partial charge in [-0.2, -0.15) is 18.3 Å². The summed E-state index contributed by atoms with van der Waals surface area (Å²) in [5, 5.41) is 7.40.